The van der Waals surface area contributed by atoms with Crippen molar-refractivity contribution >= 4 is 38.9 Å². The summed E-state index contributed by atoms with van der Waals surface area (Å²) in [6.07, 6.45) is 0. The first-order valence-electron chi connectivity index (χ1n) is 16.4. The summed E-state index contributed by atoms with van der Waals surface area (Å²) in [4.78, 5) is 2.38. The average molecular weight is 603 g/mol. The summed E-state index contributed by atoms with van der Waals surface area (Å²) in [5, 5.41) is 2.53. The topological polar surface area (TPSA) is 8.17 Å². The Kier molecular flexibility index (Phi) is 6.20. The molecule has 0 bridgehead atoms. The lowest BCUT2D eigenvalue weighted by atomic mass is 9.82. The van der Waals surface area contributed by atoms with E-state index in [1.807, 2.05) is 0 Å². The van der Waals surface area contributed by atoms with Crippen molar-refractivity contribution in [2.45, 2.75) is 19.3 Å². The van der Waals surface area contributed by atoms with E-state index in [4.69, 9.17) is 0 Å². The Morgan fingerprint density at radius 1 is 0.447 bits per heavy atom. The van der Waals surface area contributed by atoms with Crippen LogP contribution in [0.3, 0.4) is 0 Å². The summed E-state index contributed by atoms with van der Waals surface area (Å²) in [6.45, 7) is 4.69. The maximum Gasteiger partial charge on any atom is 0.0619 e. The van der Waals surface area contributed by atoms with Crippen LogP contribution >= 0.6 is 0 Å². The molecule has 0 saturated heterocycles. The first kappa shape index (κ1) is 27.5. The Balaban J connectivity index is 1.19. The van der Waals surface area contributed by atoms with Crippen LogP contribution in [0.2, 0.25) is 0 Å². The molecular formula is C45H34N2. The van der Waals surface area contributed by atoms with Crippen molar-refractivity contribution < 1.29 is 0 Å². The number of fused-ring (bicyclic) bond motifs is 6. The predicted octanol–water partition coefficient (Wildman–Crippen LogP) is 12.2. The highest BCUT2D eigenvalue weighted by Crippen LogP contribution is 2.50. The average Bonchev–Trinajstić information content (AvgIpc) is 3.58. The molecule has 0 amide bonds. The van der Waals surface area contributed by atoms with Gasteiger partial charge in [-0.15, -0.1) is 0 Å². The van der Waals surface area contributed by atoms with Gasteiger partial charge >= 0.3 is 0 Å². The van der Waals surface area contributed by atoms with E-state index in [1.165, 1.54) is 60.9 Å². The zero-order valence-corrected chi connectivity index (χ0v) is 26.6. The van der Waals surface area contributed by atoms with Gasteiger partial charge in [-0.2, -0.15) is 0 Å². The quantitative estimate of drug-likeness (QED) is 0.190. The van der Waals surface area contributed by atoms with E-state index in [-0.39, 0.29) is 5.41 Å². The highest BCUT2D eigenvalue weighted by molar-refractivity contribution is 6.13. The number of anilines is 3. The Labute approximate surface area is 275 Å². The third-order valence-corrected chi connectivity index (χ3v) is 9.99. The van der Waals surface area contributed by atoms with Crippen LogP contribution in [-0.2, 0) is 5.41 Å². The number of hydrogen-bond acceptors (Lipinski definition) is 1. The molecule has 0 atom stereocenters. The molecule has 1 aliphatic carbocycles. The molecule has 0 unspecified atom stereocenters. The minimum absolute atomic E-state index is 0.0654. The zero-order chi connectivity index (χ0) is 31.5. The minimum Gasteiger partial charge on any atom is -0.310 e. The van der Waals surface area contributed by atoms with Crippen molar-refractivity contribution in [3.63, 3.8) is 0 Å². The molecule has 47 heavy (non-hydrogen) atoms. The van der Waals surface area contributed by atoms with Gasteiger partial charge in [0.25, 0.3) is 0 Å². The van der Waals surface area contributed by atoms with Crippen LogP contribution in [0.15, 0.2) is 170 Å². The lowest BCUT2D eigenvalue weighted by Gasteiger charge is -2.28. The highest BCUT2D eigenvalue weighted by Gasteiger charge is 2.35. The molecule has 0 radical (unpaired) electrons. The van der Waals surface area contributed by atoms with E-state index in [2.05, 4.69) is 193 Å². The van der Waals surface area contributed by atoms with Crippen LogP contribution in [0.25, 0.3) is 49.7 Å². The Bertz CT molecular complexity index is 2420. The molecule has 0 N–H and O–H groups in total. The van der Waals surface area contributed by atoms with Gasteiger partial charge in [-0.1, -0.05) is 129 Å². The molecule has 0 saturated carbocycles. The molecule has 2 heteroatoms. The second kappa shape index (κ2) is 10.6. The van der Waals surface area contributed by atoms with Crippen molar-refractivity contribution in [2.24, 2.45) is 0 Å². The van der Waals surface area contributed by atoms with Crippen molar-refractivity contribution in [2.75, 3.05) is 4.90 Å². The summed E-state index contributed by atoms with van der Waals surface area (Å²) >= 11 is 0. The summed E-state index contributed by atoms with van der Waals surface area (Å²) in [5.74, 6) is 0. The summed E-state index contributed by atoms with van der Waals surface area (Å²) in [6, 6.07) is 61.7. The number of para-hydroxylation sites is 4. The predicted molar refractivity (Wildman–Crippen MR) is 198 cm³/mol. The molecule has 0 spiro atoms. The summed E-state index contributed by atoms with van der Waals surface area (Å²) in [5.41, 5.74) is 14.8. The minimum atomic E-state index is -0.0654. The highest BCUT2D eigenvalue weighted by atomic mass is 15.1. The van der Waals surface area contributed by atoms with Gasteiger partial charge in [0.05, 0.1) is 11.0 Å². The molecule has 1 heterocycles. The summed E-state index contributed by atoms with van der Waals surface area (Å²) in [7, 11) is 0. The Hall–Kier alpha value is -5.86. The number of benzene rings is 7. The molecule has 2 nitrogen and oxygen atoms in total. The fourth-order valence-electron chi connectivity index (χ4n) is 7.74. The third-order valence-electron chi connectivity index (χ3n) is 9.99. The van der Waals surface area contributed by atoms with E-state index in [1.54, 1.807) is 0 Å². The van der Waals surface area contributed by atoms with Crippen LogP contribution in [-0.4, -0.2) is 4.57 Å². The number of hydrogen-bond donors (Lipinski definition) is 0. The van der Waals surface area contributed by atoms with Gasteiger partial charge in [0.15, 0.2) is 0 Å². The van der Waals surface area contributed by atoms with Crippen LogP contribution in [0, 0.1) is 0 Å². The lowest BCUT2D eigenvalue weighted by Crippen LogP contribution is -2.16. The van der Waals surface area contributed by atoms with Crippen LogP contribution < -0.4 is 4.90 Å². The molecule has 8 aromatic rings. The van der Waals surface area contributed by atoms with E-state index in [0.29, 0.717) is 0 Å². The summed E-state index contributed by atoms with van der Waals surface area (Å²) < 4.78 is 2.41. The lowest BCUT2D eigenvalue weighted by molar-refractivity contribution is 0.660. The van der Waals surface area contributed by atoms with Crippen molar-refractivity contribution in [1.82, 2.24) is 4.57 Å². The number of aromatic nitrogens is 1. The molecule has 0 fully saturated rings. The second-order valence-corrected chi connectivity index (χ2v) is 13.0. The van der Waals surface area contributed by atoms with Gasteiger partial charge in [0, 0.05) is 44.5 Å². The molecule has 7 aromatic carbocycles. The third kappa shape index (κ3) is 4.26. The molecular weight excluding hydrogens is 569 g/mol. The number of nitrogens with zero attached hydrogens (tertiary/aromatic N) is 2. The maximum absolute atomic E-state index is 2.41. The SMILES string of the molecule is CC1(C)c2ccccc2-c2ccc(N(c3ccccc3)c3ccc(-c4cccc5c6ccccc6n(-c6ccccc6)c45)cc3)cc21. The fourth-order valence-corrected chi connectivity index (χ4v) is 7.74. The number of rotatable bonds is 5. The van der Waals surface area contributed by atoms with Crippen molar-refractivity contribution in [3.8, 4) is 27.9 Å². The first-order valence-corrected chi connectivity index (χ1v) is 16.4. The zero-order valence-electron chi connectivity index (χ0n) is 26.6. The van der Waals surface area contributed by atoms with Gasteiger partial charge in [0.2, 0.25) is 0 Å². The van der Waals surface area contributed by atoms with E-state index < -0.39 is 0 Å². The van der Waals surface area contributed by atoms with Gasteiger partial charge in [-0.25, -0.2) is 0 Å². The molecule has 1 aromatic heterocycles. The normalized spacial score (nSPS) is 13.1. The smallest absolute Gasteiger partial charge is 0.0619 e. The van der Waals surface area contributed by atoms with Gasteiger partial charge in [-0.05, 0) is 82.4 Å². The maximum atomic E-state index is 2.41. The van der Waals surface area contributed by atoms with Crippen molar-refractivity contribution in [1.29, 1.82) is 0 Å². The van der Waals surface area contributed by atoms with E-state index in [0.717, 1.165) is 17.1 Å². The molecule has 9 rings (SSSR count). The fraction of sp³-hybridized carbons (Fsp3) is 0.0667. The monoisotopic (exact) mass is 602 g/mol. The Morgan fingerprint density at radius 3 is 1.85 bits per heavy atom. The van der Waals surface area contributed by atoms with Crippen LogP contribution in [0.4, 0.5) is 17.1 Å². The van der Waals surface area contributed by atoms with E-state index >= 15 is 0 Å². The van der Waals surface area contributed by atoms with Crippen molar-refractivity contribution in [3.05, 3.63) is 181 Å². The standard InChI is InChI=1S/C45H34N2/c1-45(2)41-22-11-9-18-37(41)38-29-28-35(30-42(38)45)46(32-14-5-3-6-15-32)34-26-24-31(25-27-34)36-20-13-21-40-39-19-10-12-23-43(39)47(44(36)40)33-16-7-4-8-17-33/h3-30H,1-2H3. The van der Waals surface area contributed by atoms with Gasteiger partial charge in [-0.3, -0.25) is 0 Å². The van der Waals surface area contributed by atoms with Gasteiger partial charge < -0.3 is 9.47 Å². The first-order chi connectivity index (χ1) is 23.1. The van der Waals surface area contributed by atoms with Gasteiger partial charge in [0.1, 0.15) is 0 Å². The van der Waals surface area contributed by atoms with E-state index in [9.17, 15) is 0 Å². The Morgan fingerprint density at radius 2 is 1.04 bits per heavy atom. The molecule has 0 aliphatic heterocycles. The van der Waals surface area contributed by atoms with Crippen LogP contribution in [0.5, 0.6) is 0 Å². The largest absolute Gasteiger partial charge is 0.310 e. The molecule has 1 aliphatic rings. The van der Waals surface area contributed by atoms with Crippen LogP contribution in [0.1, 0.15) is 25.0 Å². The molecule has 224 valence electrons. The second-order valence-electron chi connectivity index (χ2n) is 13.0.